The first-order chi connectivity index (χ1) is 20.2. The quantitative estimate of drug-likeness (QED) is 0.145. The highest BCUT2D eigenvalue weighted by atomic mass is 35.5. The van der Waals surface area contributed by atoms with Crippen LogP contribution in [0, 0.1) is 0 Å². The summed E-state index contributed by atoms with van der Waals surface area (Å²) in [6.45, 7) is 2.51. The normalized spacial score (nSPS) is 11.6. The van der Waals surface area contributed by atoms with E-state index < -0.39 is 17.7 Å². The van der Waals surface area contributed by atoms with E-state index in [0.717, 1.165) is 28.3 Å². The third-order valence-corrected chi connectivity index (χ3v) is 7.70. The number of ether oxygens (including phenoxy) is 1. The van der Waals surface area contributed by atoms with Crippen LogP contribution in [-0.4, -0.2) is 24.0 Å². The molecule has 2 aliphatic rings. The highest BCUT2D eigenvalue weighted by molar-refractivity contribution is 6.32. The number of carbonyl (C=O) groups is 1. The number of halogens is 5. The number of carbonyl (C=O) groups excluding carboxylic acids is 1. The molecular weight excluding hydrogens is 598 g/mol. The van der Waals surface area contributed by atoms with Gasteiger partial charge in [0, 0.05) is 32.5 Å². The van der Waals surface area contributed by atoms with Crippen molar-refractivity contribution in [3.05, 3.63) is 136 Å². The molecule has 0 saturated carbocycles. The van der Waals surface area contributed by atoms with Crippen molar-refractivity contribution in [2.75, 3.05) is 13.1 Å². The Bertz CT molecular complexity index is 1570. The Labute approximate surface area is 259 Å². The summed E-state index contributed by atoms with van der Waals surface area (Å²) in [4.78, 5) is 14.0. The number of fused-ring (bicyclic) bond motifs is 1. The Morgan fingerprint density at radius 1 is 0.930 bits per heavy atom. The van der Waals surface area contributed by atoms with E-state index in [0.29, 0.717) is 36.4 Å². The maximum Gasteiger partial charge on any atom is 0.417 e. The van der Waals surface area contributed by atoms with Crippen LogP contribution in [0.2, 0.25) is 5.02 Å². The van der Waals surface area contributed by atoms with Gasteiger partial charge in [-0.15, -0.1) is 12.4 Å². The number of alkyl halides is 3. The molecule has 0 bridgehead atoms. The Morgan fingerprint density at radius 3 is 2.19 bits per heavy atom. The maximum atomic E-state index is 13.7. The third-order valence-electron chi connectivity index (χ3n) is 7.25. The van der Waals surface area contributed by atoms with Crippen LogP contribution in [0.15, 0.2) is 108 Å². The van der Waals surface area contributed by atoms with Crippen LogP contribution in [0.1, 0.15) is 40.7 Å². The molecule has 1 aliphatic heterocycles. The maximum absolute atomic E-state index is 13.7. The van der Waals surface area contributed by atoms with Crippen molar-refractivity contribution in [1.29, 1.82) is 0 Å². The molecule has 3 aromatic rings. The third kappa shape index (κ3) is 7.79. The van der Waals surface area contributed by atoms with Gasteiger partial charge >= 0.3 is 12.1 Å². The molecule has 9 heteroatoms. The van der Waals surface area contributed by atoms with Crippen LogP contribution >= 0.6 is 24.0 Å². The van der Waals surface area contributed by atoms with Crippen molar-refractivity contribution in [2.24, 2.45) is 0 Å². The highest BCUT2D eigenvalue weighted by Gasteiger charge is 2.34. The van der Waals surface area contributed by atoms with Crippen molar-refractivity contribution >= 4 is 30.0 Å². The van der Waals surface area contributed by atoms with Crippen LogP contribution in [0.5, 0.6) is 5.75 Å². The molecule has 0 aromatic heterocycles. The minimum Gasteiger partial charge on any atom is -0.472 e. The van der Waals surface area contributed by atoms with Crippen molar-refractivity contribution in [3.8, 4) is 16.9 Å². The minimum absolute atomic E-state index is 0. The topological polar surface area (TPSA) is 42.7 Å². The molecule has 0 fully saturated rings. The lowest BCUT2D eigenvalue weighted by Crippen LogP contribution is -2.31. The molecule has 1 aliphatic carbocycles. The summed E-state index contributed by atoms with van der Waals surface area (Å²) < 4.78 is 52.0. The summed E-state index contributed by atoms with van der Waals surface area (Å²) in [6.07, 6.45) is -0.994. The summed E-state index contributed by atoms with van der Waals surface area (Å²) in [6, 6.07) is 27.8. The predicted octanol–water partition coefficient (Wildman–Crippen LogP) is 9.28. The largest absolute Gasteiger partial charge is 0.472 e. The van der Waals surface area contributed by atoms with Crippen LogP contribution in [0.4, 0.5) is 13.2 Å². The second-order valence-corrected chi connectivity index (χ2v) is 10.5. The van der Waals surface area contributed by atoms with E-state index in [4.69, 9.17) is 20.8 Å². The number of rotatable bonds is 10. The second-order valence-electron chi connectivity index (χ2n) is 10.2. The average molecular weight is 629 g/mol. The van der Waals surface area contributed by atoms with Gasteiger partial charge in [-0.2, -0.15) is 13.2 Å². The van der Waals surface area contributed by atoms with Crippen molar-refractivity contribution in [3.63, 3.8) is 0 Å². The van der Waals surface area contributed by atoms with E-state index in [1.165, 1.54) is 19.3 Å². The summed E-state index contributed by atoms with van der Waals surface area (Å²) in [5, 5.41) is -0.299. The van der Waals surface area contributed by atoms with Gasteiger partial charge in [-0.25, -0.2) is 0 Å². The van der Waals surface area contributed by atoms with E-state index >= 15 is 0 Å². The SMILES string of the molecule is CC(=O)Oc1c(CCN(Cc2cccc(C(F)(F)F)c2Cl)CC(c2ccccc2)c2ccccc2)cc2ccocc1-2.Cl. The number of esters is 1. The first kappa shape index (κ1) is 32.1. The van der Waals surface area contributed by atoms with Crippen molar-refractivity contribution in [1.82, 2.24) is 4.90 Å². The molecule has 0 saturated heterocycles. The summed E-state index contributed by atoms with van der Waals surface area (Å²) >= 11 is 6.35. The number of hydrogen-bond acceptors (Lipinski definition) is 4. The van der Waals surface area contributed by atoms with Gasteiger partial charge in [0.05, 0.1) is 22.4 Å². The predicted molar refractivity (Wildman–Crippen MR) is 164 cm³/mol. The molecule has 0 radical (unpaired) electrons. The molecule has 0 unspecified atom stereocenters. The number of hydrogen-bond donors (Lipinski definition) is 0. The van der Waals surface area contributed by atoms with Crippen LogP contribution in [-0.2, 0) is 23.9 Å². The number of benzene rings is 3. The van der Waals surface area contributed by atoms with E-state index in [9.17, 15) is 18.0 Å². The van der Waals surface area contributed by atoms with Gasteiger partial charge in [-0.3, -0.25) is 9.69 Å². The monoisotopic (exact) mass is 627 g/mol. The molecule has 0 N–H and O–H groups in total. The molecule has 3 aromatic carbocycles. The van der Waals surface area contributed by atoms with Gasteiger partial charge in [0.25, 0.3) is 0 Å². The Hall–Kier alpha value is -3.78. The lowest BCUT2D eigenvalue weighted by molar-refractivity contribution is -0.137. The summed E-state index contributed by atoms with van der Waals surface area (Å²) in [5.74, 6) is -0.0718. The molecule has 5 rings (SSSR count). The lowest BCUT2D eigenvalue weighted by Gasteiger charge is -2.29. The van der Waals surface area contributed by atoms with Gasteiger partial charge in [0.1, 0.15) is 12.0 Å². The zero-order chi connectivity index (χ0) is 29.7. The van der Waals surface area contributed by atoms with Gasteiger partial charge in [-0.05, 0) is 52.4 Å². The molecule has 0 atom stereocenters. The van der Waals surface area contributed by atoms with Gasteiger partial charge in [-0.1, -0.05) is 84.4 Å². The van der Waals surface area contributed by atoms with E-state index in [1.807, 2.05) is 42.5 Å². The fourth-order valence-corrected chi connectivity index (χ4v) is 5.56. The first-order valence-corrected chi connectivity index (χ1v) is 13.9. The van der Waals surface area contributed by atoms with E-state index in [-0.39, 0.29) is 29.9 Å². The Morgan fingerprint density at radius 2 is 1.58 bits per heavy atom. The summed E-state index contributed by atoms with van der Waals surface area (Å²) in [7, 11) is 0. The smallest absolute Gasteiger partial charge is 0.417 e. The molecule has 1 heterocycles. The van der Waals surface area contributed by atoms with Crippen LogP contribution in [0.3, 0.4) is 0 Å². The molecule has 4 nitrogen and oxygen atoms in total. The molecule has 43 heavy (non-hydrogen) atoms. The zero-order valence-corrected chi connectivity index (χ0v) is 24.9. The molecule has 224 valence electrons. The van der Waals surface area contributed by atoms with E-state index in [1.54, 1.807) is 18.4 Å². The van der Waals surface area contributed by atoms with Gasteiger partial charge < -0.3 is 9.15 Å². The second kappa shape index (κ2) is 14.1. The van der Waals surface area contributed by atoms with Gasteiger partial charge in [0.15, 0.2) is 0 Å². The Balaban J connectivity index is 0.00000423. The standard InChI is InChI=1S/C34H29ClF3NO3.ClH/c1-23(40)42-33-27(19-26-16-18-41-22-30(26)33)15-17-39(20-28-13-8-14-31(32(28)35)34(36,37)38)21-29(24-9-4-2-5-10-24)25-11-6-3-7-12-25;/h2-14,16,18-19,22,29H,15,17,20-21H2,1H3;1H. The fourth-order valence-electron chi connectivity index (χ4n) is 5.27. The number of nitrogens with zero attached hydrogens (tertiary/aromatic N) is 1. The molecule has 0 spiro atoms. The van der Waals surface area contributed by atoms with Gasteiger partial charge in [0.2, 0.25) is 0 Å². The summed E-state index contributed by atoms with van der Waals surface area (Å²) in [5.41, 5.74) is 4.06. The molecule has 0 amide bonds. The lowest BCUT2D eigenvalue weighted by atomic mass is 9.90. The zero-order valence-electron chi connectivity index (χ0n) is 23.3. The minimum atomic E-state index is -4.56. The highest BCUT2D eigenvalue weighted by Crippen LogP contribution is 2.40. The molecular formula is C34H30Cl2F3NO3. The fraction of sp³-hybridized carbons (Fsp3) is 0.206. The average Bonchev–Trinajstić information content (AvgIpc) is 3.32. The van der Waals surface area contributed by atoms with Crippen LogP contribution < -0.4 is 4.74 Å². The Kier molecular flexibility index (Phi) is 10.6. The van der Waals surface area contributed by atoms with E-state index in [2.05, 4.69) is 29.2 Å². The van der Waals surface area contributed by atoms with Crippen LogP contribution in [0.25, 0.3) is 11.1 Å². The van der Waals surface area contributed by atoms with Crippen molar-refractivity contribution in [2.45, 2.75) is 32.0 Å². The van der Waals surface area contributed by atoms with Crippen molar-refractivity contribution < 1.29 is 27.1 Å². The first-order valence-electron chi connectivity index (χ1n) is 13.5.